The molecule has 0 aliphatic heterocycles. The van der Waals surface area contributed by atoms with Crippen LogP contribution in [0.3, 0.4) is 0 Å². The lowest BCUT2D eigenvalue weighted by molar-refractivity contribution is 1.08. The molecule has 1 radical (unpaired) electrons. The van der Waals surface area contributed by atoms with Crippen molar-refractivity contribution in [3.63, 3.8) is 0 Å². The summed E-state index contributed by atoms with van der Waals surface area (Å²) in [6.07, 6.45) is 1.92. The summed E-state index contributed by atoms with van der Waals surface area (Å²) >= 11 is 0. The number of aryl methyl sites for hydroxylation is 2. The van der Waals surface area contributed by atoms with Crippen molar-refractivity contribution in [1.29, 1.82) is 0 Å². The van der Waals surface area contributed by atoms with Crippen molar-refractivity contribution in [1.82, 2.24) is 0 Å². The number of benzene rings is 3. The van der Waals surface area contributed by atoms with Gasteiger partial charge in [0.15, 0.2) is 0 Å². The molecule has 3 aromatic carbocycles. The maximum atomic E-state index is 3.43. The molecule has 22 heavy (non-hydrogen) atoms. The van der Waals surface area contributed by atoms with Crippen molar-refractivity contribution in [3.05, 3.63) is 106 Å². The minimum Gasteiger partial charge on any atom is -0.0613 e. The third kappa shape index (κ3) is 3.65. The number of rotatable bonds is 4. The molecule has 0 unspecified atom stereocenters. The monoisotopic (exact) mass is 285 g/mol. The first kappa shape index (κ1) is 14.6. The maximum Gasteiger partial charge on any atom is -0.00168 e. The second-order valence-electron chi connectivity index (χ2n) is 6.00. The largest absolute Gasteiger partial charge is 0.0613 e. The van der Waals surface area contributed by atoms with E-state index in [4.69, 9.17) is 0 Å². The predicted octanol–water partition coefficient (Wildman–Crippen LogP) is 5.29. The van der Waals surface area contributed by atoms with Crippen molar-refractivity contribution >= 4 is 0 Å². The Labute approximate surface area is 133 Å². The molecule has 0 aliphatic carbocycles. The topological polar surface area (TPSA) is 0 Å². The van der Waals surface area contributed by atoms with E-state index in [1.54, 1.807) is 0 Å². The van der Waals surface area contributed by atoms with E-state index in [0.717, 1.165) is 12.8 Å². The average Bonchev–Trinajstić information content (AvgIpc) is 2.54. The van der Waals surface area contributed by atoms with Crippen LogP contribution >= 0.6 is 0 Å². The molecule has 0 saturated heterocycles. The number of hydrogen-bond acceptors (Lipinski definition) is 0. The van der Waals surface area contributed by atoms with Gasteiger partial charge in [-0.1, -0.05) is 77.9 Å². The summed E-state index contributed by atoms with van der Waals surface area (Å²) in [5.74, 6) is 0. The fourth-order valence-electron chi connectivity index (χ4n) is 2.67. The van der Waals surface area contributed by atoms with Crippen molar-refractivity contribution in [2.24, 2.45) is 0 Å². The first-order valence-corrected chi connectivity index (χ1v) is 7.80. The highest BCUT2D eigenvalue weighted by molar-refractivity contribution is 5.36. The van der Waals surface area contributed by atoms with Gasteiger partial charge in [0, 0.05) is 0 Å². The Morgan fingerprint density at radius 2 is 1.23 bits per heavy atom. The van der Waals surface area contributed by atoms with Gasteiger partial charge in [-0.05, 0) is 55.0 Å². The molecule has 0 aliphatic rings. The second-order valence-corrected chi connectivity index (χ2v) is 6.00. The fourth-order valence-corrected chi connectivity index (χ4v) is 2.67. The van der Waals surface area contributed by atoms with Crippen LogP contribution < -0.4 is 0 Å². The summed E-state index contributed by atoms with van der Waals surface area (Å²) < 4.78 is 0. The highest BCUT2D eigenvalue weighted by Gasteiger charge is 2.05. The molecular weight excluding hydrogens is 264 g/mol. The normalized spacial score (nSPS) is 10.6. The summed E-state index contributed by atoms with van der Waals surface area (Å²) in [5.41, 5.74) is 7.98. The van der Waals surface area contributed by atoms with Crippen molar-refractivity contribution < 1.29 is 0 Å². The van der Waals surface area contributed by atoms with Crippen molar-refractivity contribution in [3.8, 4) is 0 Å². The Morgan fingerprint density at radius 3 is 1.82 bits per heavy atom. The Morgan fingerprint density at radius 1 is 0.682 bits per heavy atom. The van der Waals surface area contributed by atoms with E-state index in [9.17, 15) is 0 Å². The summed E-state index contributed by atoms with van der Waals surface area (Å²) in [5, 5.41) is 0. The molecule has 0 aromatic heterocycles. The lowest BCUT2D eigenvalue weighted by Gasteiger charge is -2.10. The molecule has 0 spiro atoms. The Kier molecular flexibility index (Phi) is 4.39. The average molecular weight is 285 g/mol. The standard InChI is InChI=1S/C22H21/c1-17-7-11-19(12-8-17)15-21-5-3-4-6-22(21)16-20-13-9-18(2)10-14-20/h3-5,7-14H,15-16H2,1-2H3. The van der Waals surface area contributed by atoms with Crippen LogP contribution in [0.2, 0.25) is 0 Å². The van der Waals surface area contributed by atoms with Crippen LogP contribution in [0.1, 0.15) is 33.4 Å². The zero-order valence-electron chi connectivity index (χ0n) is 13.3. The van der Waals surface area contributed by atoms with Gasteiger partial charge in [-0.25, -0.2) is 0 Å². The molecule has 0 bridgehead atoms. The molecule has 0 heterocycles. The van der Waals surface area contributed by atoms with Gasteiger partial charge in [-0.15, -0.1) is 0 Å². The molecular formula is C22H21. The zero-order chi connectivity index (χ0) is 15.4. The highest BCUT2D eigenvalue weighted by Crippen LogP contribution is 2.18. The summed E-state index contributed by atoms with van der Waals surface area (Å²) in [7, 11) is 0. The fraction of sp³-hybridized carbons (Fsp3) is 0.182. The first-order chi connectivity index (χ1) is 10.7. The quantitative estimate of drug-likeness (QED) is 0.611. The third-order valence-electron chi connectivity index (χ3n) is 4.06. The van der Waals surface area contributed by atoms with E-state index >= 15 is 0 Å². The van der Waals surface area contributed by atoms with Crippen LogP contribution in [-0.4, -0.2) is 0 Å². The molecule has 0 N–H and O–H groups in total. The summed E-state index contributed by atoms with van der Waals surface area (Å²) in [6.45, 7) is 4.25. The molecule has 0 fully saturated rings. The predicted molar refractivity (Wildman–Crippen MR) is 93.2 cm³/mol. The summed E-state index contributed by atoms with van der Waals surface area (Å²) in [6, 6.07) is 27.3. The van der Waals surface area contributed by atoms with Crippen LogP contribution in [0.4, 0.5) is 0 Å². The number of hydrogen-bond donors (Lipinski definition) is 0. The van der Waals surface area contributed by atoms with E-state index < -0.39 is 0 Å². The summed E-state index contributed by atoms with van der Waals surface area (Å²) in [4.78, 5) is 0. The molecule has 0 nitrogen and oxygen atoms in total. The van der Waals surface area contributed by atoms with Gasteiger partial charge < -0.3 is 0 Å². The molecule has 0 saturated carbocycles. The van der Waals surface area contributed by atoms with Gasteiger partial charge in [0.2, 0.25) is 0 Å². The lowest BCUT2D eigenvalue weighted by Crippen LogP contribution is -1.97. The molecule has 0 atom stereocenters. The molecule has 0 amide bonds. The van der Waals surface area contributed by atoms with Crippen molar-refractivity contribution in [2.75, 3.05) is 0 Å². The van der Waals surface area contributed by atoms with Crippen LogP contribution in [0.5, 0.6) is 0 Å². The van der Waals surface area contributed by atoms with Gasteiger partial charge in [0.25, 0.3) is 0 Å². The van der Waals surface area contributed by atoms with Gasteiger partial charge in [-0.2, -0.15) is 0 Å². The van der Waals surface area contributed by atoms with Gasteiger partial charge in [-0.3, -0.25) is 0 Å². The molecule has 3 aromatic rings. The molecule has 109 valence electrons. The van der Waals surface area contributed by atoms with Crippen LogP contribution in [0.25, 0.3) is 0 Å². The van der Waals surface area contributed by atoms with E-state index in [1.807, 2.05) is 6.07 Å². The second kappa shape index (κ2) is 6.62. The van der Waals surface area contributed by atoms with Gasteiger partial charge >= 0.3 is 0 Å². The SMILES string of the molecule is Cc1ccc(Cc2[c]cccc2Cc2ccc(C)cc2)cc1. The Hall–Kier alpha value is -2.34. The van der Waals surface area contributed by atoms with Gasteiger partial charge in [0.1, 0.15) is 0 Å². The Bertz CT molecular complexity index is 667. The van der Waals surface area contributed by atoms with E-state index in [2.05, 4.69) is 80.6 Å². The van der Waals surface area contributed by atoms with E-state index in [0.29, 0.717) is 0 Å². The van der Waals surface area contributed by atoms with E-state index in [-0.39, 0.29) is 0 Å². The van der Waals surface area contributed by atoms with E-state index in [1.165, 1.54) is 33.4 Å². The Balaban J connectivity index is 1.83. The third-order valence-corrected chi connectivity index (χ3v) is 4.06. The van der Waals surface area contributed by atoms with Crippen molar-refractivity contribution in [2.45, 2.75) is 26.7 Å². The lowest BCUT2D eigenvalue weighted by atomic mass is 9.95. The van der Waals surface area contributed by atoms with Crippen LogP contribution in [0.15, 0.2) is 66.7 Å². The van der Waals surface area contributed by atoms with Gasteiger partial charge in [0.05, 0.1) is 0 Å². The smallest absolute Gasteiger partial charge is 0.00168 e. The molecule has 3 rings (SSSR count). The zero-order valence-corrected chi connectivity index (χ0v) is 13.3. The maximum absolute atomic E-state index is 3.43. The van der Waals surface area contributed by atoms with Crippen LogP contribution in [-0.2, 0) is 12.8 Å². The minimum absolute atomic E-state index is 0.947. The molecule has 0 heteroatoms. The minimum atomic E-state index is 0.947. The highest BCUT2D eigenvalue weighted by atomic mass is 14.1. The van der Waals surface area contributed by atoms with Crippen LogP contribution in [0, 0.1) is 19.9 Å². The first-order valence-electron chi connectivity index (χ1n) is 7.80.